The first-order chi connectivity index (χ1) is 11.7. The van der Waals surface area contributed by atoms with E-state index in [-0.39, 0.29) is 12.1 Å². The number of rotatable bonds is 2. The summed E-state index contributed by atoms with van der Waals surface area (Å²) in [5.74, 6) is 0. The van der Waals surface area contributed by atoms with E-state index in [9.17, 15) is 4.79 Å². The van der Waals surface area contributed by atoms with Gasteiger partial charge in [0.05, 0.1) is 0 Å². The molecule has 4 nitrogen and oxygen atoms in total. The van der Waals surface area contributed by atoms with Crippen molar-refractivity contribution in [3.8, 4) is 0 Å². The van der Waals surface area contributed by atoms with Gasteiger partial charge in [-0.25, -0.2) is 4.79 Å². The van der Waals surface area contributed by atoms with E-state index in [4.69, 9.17) is 0 Å². The van der Waals surface area contributed by atoms with Gasteiger partial charge in [0.1, 0.15) is 0 Å². The molecule has 1 atom stereocenters. The van der Waals surface area contributed by atoms with Crippen LogP contribution in [0.4, 0.5) is 10.5 Å². The van der Waals surface area contributed by atoms with Crippen molar-refractivity contribution in [3.63, 3.8) is 0 Å². The van der Waals surface area contributed by atoms with E-state index in [0.717, 1.165) is 31.6 Å². The molecule has 2 aliphatic heterocycles. The predicted molar refractivity (Wildman–Crippen MR) is 95.8 cm³/mol. The molecule has 0 saturated heterocycles. The van der Waals surface area contributed by atoms with Crippen molar-refractivity contribution in [1.29, 1.82) is 0 Å². The van der Waals surface area contributed by atoms with Crippen LogP contribution in [0.25, 0.3) is 0 Å². The highest BCUT2D eigenvalue weighted by molar-refractivity contribution is 5.90. The van der Waals surface area contributed by atoms with Gasteiger partial charge in [-0.2, -0.15) is 0 Å². The zero-order valence-corrected chi connectivity index (χ0v) is 14.0. The second-order valence-corrected chi connectivity index (χ2v) is 6.68. The van der Waals surface area contributed by atoms with E-state index in [2.05, 4.69) is 54.0 Å². The Morgan fingerprint density at radius 2 is 1.92 bits per heavy atom. The van der Waals surface area contributed by atoms with Gasteiger partial charge in [0, 0.05) is 31.4 Å². The first-order valence-electron chi connectivity index (χ1n) is 8.71. The number of benzene rings is 2. The molecule has 124 valence electrons. The first kappa shape index (κ1) is 15.2. The number of amides is 2. The molecular weight excluding hydrogens is 298 g/mol. The van der Waals surface area contributed by atoms with Gasteiger partial charge >= 0.3 is 6.03 Å². The second-order valence-electron chi connectivity index (χ2n) is 6.68. The largest absolute Gasteiger partial charge is 0.322 e. The fourth-order valence-corrected chi connectivity index (χ4v) is 3.76. The Labute approximate surface area is 142 Å². The Balaban J connectivity index is 1.53. The van der Waals surface area contributed by atoms with E-state index in [1.54, 1.807) is 0 Å². The van der Waals surface area contributed by atoms with Crippen molar-refractivity contribution in [2.75, 3.05) is 5.32 Å². The van der Waals surface area contributed by atoms with Crippen LogP contribution in [0.2, 0.25) is 0 Å². The Hall–Kier alpha value is -2.33. The summed E-state index contributed by atoms with van der Waals surface area (Å²) in [5, 5.41) is 6.43. The highest BCUT2D eigenvalue weighted by atomic mass is 16.2. The maximum atomic E-state index is 12.8. The van der Waals surface area contributed by atoms with Crippen molar-refractivity contribution >= 4 is 11.7 Å². The fraction of sp³-hybridized carbons (Fsp3) is 0.350. The van der Waals surface area contributed by atoms with Crippen LogP contribution >= 0.6 is 0 Å². The summed E-state index contributed by atoms with van der Waals surface area (Å²) < 4.78 is 0. The highest BCUT2D eigenvalue weighted by Crippen LogP contribution is 2.26. The molecule has 0 radical (unpaired) electrons. The Kier molecular flexibility index (Phi) is 3.98. The Morgan fingerprint density at radius 3 is 2.75 bits per heavy atom. The average molecular weight is 321 g/mol. The fourth-order valence-electron chi connectivity index (χ4n) is 3.76. The third kappa shape index (κ3) is 2.78. The van der Waals surface area contributed by atoms with Crippen LogP contribution < -0.4 is 10.6 Å². The van der Waals surface area contributed by atoms with E-state index < -0.39 is 0 Å². The van der Waals surface area contributed by atoms with Crippen LogP contribution in [0.1, 0.15) is 35.6 Å². The number of carbonyl (C=O) groups excluding carboxylic acids is 1. The molecule has 4 heteroatoms. The van der Waals surface area contributed by atoms with E-state index in [1.165, 1.54) is 22.3 Å². The number of fused-ring (bicyclic) bond motifs is 2. The first-order valence-corrected chi connectivity index (χ1v) is 8.71. The van der Waals surface area contributed by atoms with Gasteiger partial charge in [0.2, 0.25) is 0 Å². The van der Waals surface area contributed by atoms with Gasteiger partial charge in [-0.05, 0) is 47.2 Å². The summed E-state index contributed by atoms with van der Waals surface area (Å²) in [6.45, 7) is 4.64. The van der Waals surface area contributed by atoms with E-state index >= 15 is 0 Å². The lowest BCUT2D eigenvalue weighted by Crippen LogP contribution is -2.46. The topological polar surface area (TPSA) is 44.4 Å². The molecule has 0 fully saturated rings. The van der Waals surface area contributed by atoms with Crippen LogP contribution in [0.3, 0.4) is 0 Å². The van der Waals surface area contributed by atoms with E-state index in [1.807, 2.05) is 11.0 Å². The summed E-state index contributed by atoms with van der Waals surface area (Å²) in [6, 6.07) is 14.9. The summed E-state index contributed by atoms with van der Waals surface area (Å²) in [7, 11) is 0. The second kappa shape index (κ2) is 6.29. The summed E-state index contributed by atoms with van der Waals surface area (Å²) >= 11 is 0. The van der Waals surface area contributed by atoms with Gasteiger partial charge in [0.25, 0.3) is 0 Å². The third-order valence-corrected chi connectivity index (χ3v) is 5.18. The number of nitrogens with zero attached hydrogens (tertiary/aromatic N) is 1. The van der Waals surface area contributed by atoms with Gasteiger partial charge in [-0.15, -0.1) is 0 Å². The maximum absolute atomic E-state index is 12.8. The highest BCUT2D eigenvalue weighted by Gasteiger charge is 2.28. The van der Waals surface area contributed by atoms with Gasteiger partial charge in [-0.3, -0.25) is 0 Å². The number of hydrogen-bond acceptors (Lipinski definition) is 2. The molecule has 4 rings (SSSR count). The van der Waals surface area contributed by atoms with Crippen LogP contribution in [-0.4, -0.2) is 17.0 Å². The predicted octanol–water partition coefficient (Wildman–Crippen LogP) is 3.66. The molecule has 2 aliphatic rings. The smallest absolute Gasteiger partial charge is 0.317 e. The van der Waals surface area contributed by atoms with Crippen molar-refractivity contribution < 1.29 is 4.79 Å². The molecule has 0 bridgehead atoms. The zero-order valence-electron chi connectivity index (χ0n) is 14.0. The van der Waals surface area contributed by atoms with Gasteiger partial charge < -0.3 is 15.5 Å². The number of nitrogens with one attached hydrogen (secondary N) is 2. The quantitative estimate of drug-likeness (QED) is 0.886. The van der Waals surface area contributed by atoms with Crippen LogP contribution in [0, 0.1) is 0 Å². The molecule has 0 saturated carbocycles. The molecule has 24 heavy (non-hydrogen) atoms. The van der Waals surface area contributed by atoms with Crippen LogP contribution in [0.15, 0.2) is 42.5 Å². The number of hydrogen-bond donors (Lipinski definition) is 2. The summed E-state index contributed by atoms with van der Waals surface area (Å²) in [6.07, 6.45) is 1.91. The van der Waals surface area contributed by atoms with Crippen molar-refractivity contribution in [1.82, 2.24) is 10.2 Å². The molecule has 0 aliphatic carbocycles. The SMILES string of the molecule is CCC1Cc2ccccc2CN1C(=O)Nc1ccc2c(c1)CNC2. The molecule has 2 aromatic carbocycles. The minimum atomic E-state index is 0.00209. The molecule has 0 spiro atoms. The van der Waals surface area contributed by atoms with Crippen molar-refractivity contribution in [2.24, 2.45) is 0 Å². The Morgan fingerprint density at radius 1 is 1.12 bits per heavy atom. The van der Waals surface area contributed by atoms with Crippen molar-refractivity contribution in [3.05, 3.63) is 64.7 Å². The molecule has 1 unspecified atom stereocenters. The molecule has 0 aromatic heterocycles. The zero-order chi connectivity index (χ0) is 16.5. The average Bonchev–Trinajstić information content (AvgIpc) is 3.08. The summed E-state index contributed by atoms with van der Waals surface area (Å²) in [5.41, 5.74) is 6.12. The molecule has 2 heterocycles. The standard InChI is InChI=1S/C20H23N3O/c1-2-19-10-14-5-3-4-6-16(14)13-23(19)20(24)22-18-8-7-15-11-21-12-17(15)9-18/h3-9,19,21H,2,10-13H2,1H3,(H,22,24). The number of anilines is 1. The lowest BCUT2D eigenvalue weighted by atomic mass is 9.93. The van der Waals surface area contributed by atoms with Crippen LogP contribution in [-0.2, 0) is 26.1 Å². The van der Waals surface area contributed by atoms with Gasteiger partial charge in [-0.1, -0.05) is 37.3 Å². The molecule has 2 aromatic rings. The van der Waals surface area contributed by atoms with Crippen molar-refractivity contribution in [2.45, 2.75) is 45.4 Å². The third-order valence-electron chi connectivity index (χ3n) is 5.18. The summed E-state index contributed by atoms with van der Waals surface area (Å²) in [4.78, 5) is 14.8. The molecule has 2 N–H and O–H groups in total. The number of urea groups is 1. The number of carbonyl (C=O) groups is 1. The normalized spacial score (nSPS) is 18.9. The molecular formula is C20H23N3O. The van der Waals surface area contributed by atoms with E-state index in [0.29, 0.717) is 6.54 Å². The molecule has 2 amide bonds. The van der Waals surface area contributed by atoms with Gasteiger partial charge in [0.15, 0.2) is 0 Å². The maximum Gasteiger partial charge on any atom is 0.322 e. The monoisotopic (exact) mass is 321 g/mol. The lowest BCUT2D eigenvalue weighted by molar-refractivity contribution is 0.174. The minimum Gasteiger partial charge on any atom is -0.317 e. The Bertz CT molecular complexity index is 771. The van der Waals surface area contributed by atoms with Crippen LogP contribution in [0.5, 0.6) is 0 Å². The lowest BCUT2D eigenvalue weighted by Gasteiger charge is -2.36. The minimum absolute atomic E-state index is 0.00209.